The maximum atomic E-state index is 12.0. The Morgan fingerprint density at radius 1 is 1.30 bits per heavy atom. The van der Waals surface area contributed by atoms with Crippen molar-refractivity contribution in [3.8, 4) is 0 Å². The van der Waals surface area contributed by atoms with E-state index in [2.05, 4.69) is 15.5 Å². The third-order valence-corrected chi connectivity index (χ3v) is 3.38. The fraction of sp³-hybridized carbons (Fsp3) is 0.231. The maximum Gasteiger partial charge on any atom is 0.336 e. The van der Waals surface area contributed by atoms with Gasteiger partial charge >= 0.3 is 5.97 Å². The minimum Gasteiger partial charge on any atom is -0.478 e. The molecule has 0 spiro atoms. The van der Waals surface area contributed by atoms with Gasteiger partial charge in [-0.1, -0.05) is 19.1 Å². The summed E-state index contributed by atoms with van der Waals surface area (Å²) >= 11 is 1.24. The molecule has 7 heteroatoms. The number of carbonyl (C=O) groups is 2. The number of thioether (sulfide) groups is 1. The number of benzene rings is 1. The fourth-order valence-electron chi connectivity index (χ4n) is 1.61. The number of amides is 1. The first kappa shape index (κ1) is 14.3. The Morgan fingerprint density at radius 3 is 2.65 bits per heavy atom. The second-order valence-corrected chi connectivity index (χ2v) is 5.04. The number of hydrogen-bond acceptors (Lipinski definition) is 4. The van der Waals surface area contributed by atoms with Gasteiger partial charge in [0.25, 0.3) is 5.91 Å². The monoisotopic (exact) mass is 290 g/mol. The summed E-state index contributed by atoms with van der Waals surface area (Å²) in [7, 11) is 0. The summed E-state index contributed by atoms with van der Waals surface area (Å²) in [6, 6.07) is 5.96. The third-order valence-electron chi connectivity index (χ3n) is 2.51. The third kappa shape index (κ3) is 3.24. The molecule has 1 heterocycles. The quantitative estimate of drug-likeness (QED) is 0.921. The van der Waals surface area contributed by atoms with E-state index < -0.39 is 11.9 Å². The predicted molar refractivity (Wildman–Crippen MR) is 77.2 cm³/mol. The van der Waals surface area contributed by atoms with Crippen LogP contribution in [0.1, 0.15) is 40.5 Å². The van der Waals surface area contributed by atoms with Gasteiger partial charge in [0.05, 0.1) is 11.1 Å². The summed E-state index contributed by atoms with van der Waals surface area (Å²) in [4.78, 5) is 26.9. The van der Waals surface area contributed by atoms with E-state index in [1.165, 1.54) is 23.9 Å². The van der Waals surface area contributed by atoms with Crippen LogP contribution in [0.2, 0.25) is 0 Å². The number of nitrogens with zero attached hydrogens (tertiary/aromatic N) is 3. The summed E-state index contributed by atoms with van der Waals surface area (Å²) in [6.07, 6.45) is 1.72. The Hall–Kier alpha value is -2.15. The Balaban J connectivity index is 2.16. The minimum absolute atomic E-state index is 0.0484. The van der Waals surface area contributed by atoms with Crippen molar-refractivity contribution >= 4 is 33.8 Å². The summed E-state index contributed by atoms with van der Waals surface area (Å²) in [5, 5.41) is 14.0. The van der Waals surface area contributed by atoms with E-state index in [1.807, 2.05) is 6.92 Å². The van der Waals surface area contributed by atoms with E-state index >= 15 is 0 Å². The molecule has 1 amide bonds. The van der Waals surface area contributed by atoms with Gasteiger partial charge in [-0.3, -0.25) is 4.79 Å². The molecule has 1 aliphatic heterocycles. The molecule has 2 rings (SSSR count). The molecule has 1 aromatic rings. The summed E-state index contributed by atoms with van der Waals surface area (Å²) in [5.41, 5.74) is 3.79. The van der Waals surface area contributed by atoms with Crippen molar-refractivity contribution in [2.75, 3.05) is 0 Å². The molecule has 0 unspecified atom stereocenters. The summed E-state index contributed by atoms with van der Waals surface area (Å²) < 4.78 is 0. The average molecular weight is 290 g/mol. The predicted octanol–water partition coefficient (Wildman–Crippen LogP) is 2.35. The molecule has 0 atom stereocenters. The fourth-order valence-corrected chi connectivity index (χ4v) is 2.42. The number of carboxylic acid groups (broad SMARTS) is 1. The molecule has 0 aromatic heterocycles. The van der Waals surface area contributed by atoms with E-state index in [0.29, 0.717) is 0 Å². The Kier molecular flexibility index (Phi) is 4.52. The van der Waals surface area contributed by atoms with E-state index in [1.54, 1.807) is 12.1 Å². The van der Waals surface area contributed by atoms with Crippen molar-refractivity contribution in [2.45, 2.75) is 19.8 Å². The standard InChI is InChI=1S/C13H12N3O3S/c1-2-5-10-15-16-13(20-10)14-11(17)8-6-3-4-7-9(8)12(18)19/h3-4,6-7H,2,5H2,1H3,(H,18,19). The molecule has 0 bridgehead atoms. The lowest BCUT2D eigenvalue weighted by Crippen LogP contribution is -2.10. The largest absolute Gasteiger partial charge is 0.478 e. The highest BCUT2D eigenvalue weighted by molar-refractivity contribution is 8.26. The number of carbonyl (C=O) groups excluding carboxylic acids is 1. The van der Waals surface area contributed by atoms with Gasteiger partial charge < -0.3 is 5.11 Å². The van der Waals surface area contributed by atoms with Crippen LogP contribution in [0.5, 0.6) is 0 Å². The maximum absolute atomic E-state index is 12.0. The zero-order valence-electron chi connectivity index (χ0n) is 10.7. The number of aromatic carboxylic acids is 1. The lowest BCUT2D eigenvalue weighted by atomic mass is 10.1. The van der Waals surface area contributed by atoms with Crippen LogP contribution >= 0.6 is 11.8 Å². The molecule has 0 aliphatic carbocycles. The second kappa shape index (κ2) is 6.33. The normalized spacial score (nSPS) is 15.8. The van der Waals surface area contributed by atoms with Gasteiger partial charge in [0, 0.05) is 0 Å². The van der Waals surface area contributed by atoms with Gasteiger partial charge in [-0.25, -0.2) is 4.79 Å². The van der Waals surface area contributed by atoms with Crippen LogP contribution in [0.4, 0.5) is 0 Å². The lowest BCUT2D eigenvalue weighted by molar-refractivity contribution is 0.0692. The SMILES string of the molecule is CCCC1=N[N]C(=NC(=O)c2ccccc2C(=O)O)S1. The molecule has 1 aliphatic rings. The Bertz CT molecular complexity index is 611. The zero-order valence-corrected chi connectivity index (χ0v) is 11.6. The van der Waals surface area contributed by atoms with E-state index in [4.69, 9.17) is 5.11 Å². The highest BCUT2D eigenvalue weighted by Crippen LogP contribution is 2.19. The van der Waals surface area contributed by atoms with Crippen molar-refractivity contribution in [2.24, 2.45) is 10.1 Å². The van der Waals surface area contributed by atoms with Crippen molar-refractivity contribution in [3.63, 3.8) is 0 Å². The van der Waals surface area contributed by atoms with Gasteiger partial charge in [0.1, 0.15) is 5.04 Å². The van der Waals surface area contributed by atoms with Crippen molar-refractivity contribution in [1.29, 1.82) is 0 Å². The summed E-state index contributed by atoms with van der Waals surface area (Å²) in [6.45, 7) is 2.02. The zero-order chi connectivity index (χ0) is 14.5. The van der Waals surface area contributed by atoms with Crippen LogP contribution in [0.25, 0.3) is 0 Å². The van der Waals surface area contributed by atoms with E-state index in [9.17, 15) is 9.59 Å². The molecule has 1 radical (unpaired) electrons. The number of aliphatic imine (C=N–C) groups is 1. The molecule has 0 saturated heterocycles. The molecule has 0 fully saturated rings. The van der Waals surface area contributed by atoms with Crippen molar-refractivity contribution < 1.29 is 14.7 Å². The molecule has 0 saturated carbocycles. The number of hydrogen-bond donors (Lipinski definition) is 1. The van der Waals surface area contributed by atoms with Crippen LogP contribution in [-0.2, 0) is 0 Å². The molecule has 20 heavy (non-hydrogen) atoms. The smallest absolute Gasteiger partial charge is 0.336 e. The van der Waals surface area contributed by atoms with Crippen LogP contribution in [-0.4, -0.2) is 27.2 Å². The van der Waals surface area contributed by atoms with Gasteiger partial charge in [0.15, 0.2) is 0 Å². The highest BCUT2D eigenvalue weighted by atomic mass is 32.2. The second-order valence-electron chi connectivity index (χ2n) is 4.00. The summed E-state index contributed by atoms with van der Waals surface area (Å²) in [5.74, 6) is -1.78. The first-order valence-electron chi connectivity index (χ1n) is 6.02. The molecule has 6 nitrogen and oxygen atoms in total. The Morgan fingerprint density at radius 2 is 2.00 bits per heavy atom. The molecule has 1 N–H and O–H groups in total. The molecular weight excluding hydrogens is 278 g/mol. The first-order valence-corrected chi connectivity index (χ1v) is 6.84. The minimum atomic E-state index is -1.16. The Labute approximate surface area is 120 Å². The average Bonchev–Trinajstić information content (AvgIpc) is 2.86. The van der Waals surface area contributed by atoms with Gasteiger partial charge in [-0.2, -0.15) is 4.99 Å². The molecule has 103 valence electrons. The first-order chi connectivity index (χ1) is 9.61. The van der Waals surface area contributed by atoms with Crippen LogP contribution in [0.15, 0.2) is 34.4 Å². The topological polar surface area (TPSA) is 93.2 Å². The van der Waals surface area contributed by atoms with Crippen LogP contribution in [0.3, 0.4) is 0 Å². The van der Waals surface area contributed by atoms with Crippen molar-refractivity contribution in [1.82, 2.24) is 5.43 Å². The lowest BCUT2D eigenvalue weighted by Gasteiger charge is -2.01. The van der Waals surface area contributed by atoms with Crippen LogP contribution in [0, 0.1) is 0 Å². The number of amidine groups is 1. The number of carboxylic acids is 1. The van der Waals surface area contributed by atoms with Gasteiger partial charge in [0.2, 0.25) is 5.17 Å². The van der Waals surface area contributed by atoms with Crippen LogP contribution < -0.4 is 5.43 Å². The van der Waals surface area contributed by atoms with E-state index in [0.717, 1.165) is 17.9 Å². The number of rotatable bonds is 4. The molecule has 1 aromatic carbocycles. The highest BCUT2D eigenvalue weighted by Gasteiger charge is 2.20. The van der Waals surface area contributed by atoms with Gasteiger partial charge in [-0.05, 0) is 36.7 Å². The molecular formula is C13H12N3O3S. The van der Waals surface area contributed by atoms with Crippen molar-refractivity contribution in [3.05, 3.63) is 35.4 Å². The van der Waals surface area contributed by atoms with Gasteiger partial charge in [-0.15, -0.1) is 10.5 Å². The van der Waals surface area contributed by atoms with E-state index in [-0.39, 0.29) is 16.3 Å².